The van der Waals surface area contributed by atoms with E-state index >= 15 is 0 Å². The van der Waals surface area contributed by atoms with Gasteiger partial charge in [-0.25, -0.2) is 4.98 Å². The summed E-state index contributed by atoms with van der Waals surface area (Å²) in [4.78, 5) is 7.70. The summed E-state index contributed by atoms with van der Waals surface area (Å²) in [6.07, 6.45) is 5.62. The number of rotatable bonds is 2. The molecule has 1 saturated heterocycles. The highest BCUT2D eigenvalue weighted by atomic mass is 16.5. The van der Waals surface area contributed by atoms with Crippen LogP contribution in [-0.4, -0.2) is 39.5 Å². The first kappa shape index (κ1) is 10.5. The minimum Gasteiger partial charge on any atom is -0.378 e. The second-order valence-electron chi connectivity index (χ2n) is 4.17. The number of nitrogens with zero attached hydrogens (tertiary/aromatic N) is 3. The summed E-state index contributed by atoms with van der Waals surface area (Å²) in [5, 5.41) is 7.51. The van der Waals surface area contributed by atoms with Crippen LogP contribution in [0, 0.1) is 0 Å². The molecule has 6 nitrogen and oxygen atoms in total. The van der Waals surface area contributed by atoms with Gasteiger partial charge in [-0.1, -0.05) is 0 Å². The van der Waals surface area contributed by atoms with Crippen LogP contribution in [0.2, 0.25) is 0 Å². The molecule has 2 aromatic heterocycles. The molecular weight excluding hydrogens is 218 g/mol. The van der Waals surface area contributed by atoms with E-state index in [0.29, 0.717) is 6.61 Å². The lowest BCUT2D eigenvalue weighted by Gasteiger charge is -2.21. The zero-order chi connectivity index (χ0) is 11.7. The lowest BCUT2D eigenvalue weighted by atomic mass is 10.2. The first-order valence-electron chi connectivity index (χ1n) is 5.68. The van der Waals surface area contributed by atoms with Gasteiger partial charge in [0.15, 0.2) is 0 Å². The van der Waals surface area contributed by atoms with Gasteiger partial charge in [0.1, 0.15) is 5.82 Å². The Bertz CT molecular complexity index is 497. The van der Waals surface area contributed by atoms with Crippen molar-refractivity contribution in [3.05, 3.63) is 24.4 Å². The van der Waals surface area contributed by atoms with E-state index in [2.05, 4.69) is 20.4 Å². The molecule has 0 amide bonds. The molecule has 1 fully saturated rings. The van der Waals surface area contributed by atoms with Crippen molar-refractivity contribution < 1.29 is 4.74 Å². The van der Waals surface area contributed by atoms with E-state index in [9.17, 15) is 0 Å². The first-order chi connectivity index (χ1) is 8.33. The molecule has 1 unspecified atom stereocenters. The van der Waals surface area contributed by atoms with Crippen molar-refractivity contribution >= 4 is 0 Å². The topological polar surface area (TPSA) is 67.8 Å². The van der Waals surface area contributed by atoms with E-state index < -0.39 is 0 Å². The molecule has 0 aliphatic carbocycles. The summed E-state index contributed by atoms with van der Waals surface area (Å²) >= 11 is 0. The number of morpholine rings is 1. The summed E-state index contributed by atoms with van der Waals surface area (Å²) in [5.41, 5.74) is 2.03. The van der Waals surface area contributed by atoms with Crippen LogP contribution in [0.5, 0.6) is 0 Å². The van der Waals surface area contributed by atoms with Crippen molar-refractivity contribution in [2.75, 3.05) is 19.8 Å². The molecule has 1 aliphatic rings. The maximum absolute atomic E-state index is 5.42. The molecule has 0 aromatic carbocycles. The van der Waals surface area contributed by atoms with E-state index in [4.69, 9.17) is 4.74 Å². The Hall–Kier alpha value is -1.66. The molecule has 17 heavy (non-hydrogen) atoms. The van der Waals surface area contributed by atoms with Gasteiger partial charge in [0.2, 0.25) is 0 Å². The van der Waals surface area contributed by atoms with Gasteiger partial charge < -0.3 is 15.0 Å². The number of ether oxygens (including phenoxy) is 1. The van der Waals surface area contributed by atoms with Gasteiger partial charge >= 0.3 is 0 Å². The fourth-order valence-corrected chi connectivity index (χ4v) is 1.96. The average molecular weight is 233 g/mol. The third-order valence-corrected chi connectivity index (χ3v) is 2.86. The molecule has 6 heteroatoms. The third kappa shape index (κ3) is 2.09. The molecule has 90 valence electrons. The van der Waals surface area contributed by atoms with Crippen molar-refractivity contribution in [3.63, 3.8) is 0 Å². The molecule has 0 spiro atoms. The lowest BCUT2D eigenvalue weighted by Crippen LogP contribution is -2.35. The zero-order valence-corrected chi connectivity index (χ0v) is 9.68. The monoisotopic (exact) mass is 233 g/mol. The van der Waals surface area contributed by atoms with Crippen LogP contribution in [0.15, 0.2) is 18.6 Å². The molecule has 2 N–H and O–H groups in total. The van der Waals surface area contributed by atoms with Crippen LogP contribution in [0.25, 0.3) is 11.3 Å². The van der Waals surface area contributed by atoms with Gasteiger partial charge in [0.05, 0.1) is 37.3 Å². The Morgan fingerprint density at radius 2 is 2.41 bits per heavy atom. The van der Waals surface area contributed by atoms with E-state index in [-0.39, 0.29) is 6.04 Å². The fraction of sp³-hybridized carbons (Fsp3) is 0.455. The summed E-state index contributed by atoms with van der Waals surface area (Å²) in [5.74, 6) is 0.920. The Balaban J connectivity index is 1.82. The highest BCUT2D eigenvalue weighted by Gasteiger charge is 2.18. The summed E-state index contributed by atoms with van der Waals surface area (Å²) in [7, 11) is 1.90. The van der Waals surface area contributed by atoms with Crippen molar-refractivity contribution in [2.45, 2.75) is 6.04 Å². The predicted octanol–water partition coefficient (Wildman–Crippen LogP) is 0.471. The largest absolute Gasteiger partial charge is 0.378 e. The van der Waals surface area contributed by atoms with Crippen LogP contribution in [0.1, 0.15) is 11.9 Å². The number of H-pyrrole nitrogens is 1. The van der Waals surface area contributed by atoms with Crippen molar-refractivity contribution in [2.24, 2.45) is 7.05 Å². The number of hydrogen-bond donors (Lipinski definition) is 2. The number of hydrogen-bond acceptors (Lipinski definition) is 4. The second-order valence-corrected chi connectivity index (χ2v) is 4.17. The molecule has 0 saturated carbocycles. The average Bonchev–Trinajstić information content (AvgIpc) is 2.98. The van der Waals surface area contributed by atoms with Gasteiger partial charge in [-0.2, -0.15) is 5.10 Å². The predicted molar refractivity (Wildman–Crippen MR) is 62.4 cm³/mol. The number of imidazole rings is 1. The van der Waals surface area contributed by atoms with Crippen LogP contribution < -0.4 is 5.32 Å². The molecule has 3 heterocycles. The standard InChI is InChI=1S/C11H15N5O/c1-16-6-8(4-14-16)9-5-13-11(15-9)10-7-17-3-2-12-10/h4-6,10,12H,2-3,7H2,1H3,(H,13,15). The van der Waals surface area contributed by atoms with E-state index in [1.165, 1.54) is 0 Å². The molecule has 3 rings (SSSR count). The molecule has 1 aliphatic heterocycles. The smallest absolute Gasteiger partial charge is 0.126 e. The third-order valence-electron chi connectivity index (χ3n) is 2.86. The number of aromatic amines is 1. The first-order valence-corrected chi connectivity index (χ1v) is 5.68. The fourth-order valence-electron chi connectivity index (χ4n) is 1.96. The van der Waals surface area contributed by atoms with E-state index in [1.54, 1.807) is 4.68 Å². The van der Waals surface area contributed by atoms with Crippen LogP contribution >= 0.6 is 0 Å². The van der Waals surface area contributed by atoms with E-state index in [0.717, 1.165) is 30.2 Å². The summed E-state index contributed by atoms with van der Waals surface area (Å²) in [6, 6.07) is 0.161. The molecular formula is C11H15N5O. The number of aryl methyl sites for hydroxylation is 1. The van der Waals surface area contributed by atoms with Crippen LogP contribution in [-0.2, 0) is 11.8 Å². The lowest BCUT2D eigenvalue weighted by molar-refractivity contribution is 0.0745. The van der Waals surface area contributed by atoms with E-state index in [1.807, 2.05) is 25.6 Å². The van der Waals surface area contributed by atoms with Crippen LogP contribution in [0.3, 0.4) is 0 Å². The number of nitrogens with one attached hydrogen (secondary N) is 2. The maximum atomic E-state index is 5.42. The number of aromatic nitrogens is 4. The molecule has 0 bridgehead atoms. The minimum absolute atomic E-state index is 0.161. The van der Waals surface area contributed by atoms with Crippen molar-refractivity contribution in [1.82, 2.24) is 25.1 Å². The van der Waals surface area contributed by atoms with Gasteiger partial charge in [-0.3, -0.25) is 4.68 Å². The van der Waals surface area contributed by atoms with Crippen molar-refractivity contribution in [3.8, 4) is 11.3 Å². The molecule has 2 aromatic rings. The second kappa shape index (κ2) is 4.31. The van der Waals surface area contributed by atoms with Crippen molar-refractivity contribution in [1.29, 1.82) is 0 Å². The van der Waals surface area contributed by atoms with Gasteiger partial charge in [-0.15, -0.1) is 0 Å². The van der Waals surface area contributed by atoms with Gasteiger partial charge in [0.25, 0.3) is 0 Å². The highest BCUT2D eigenvalue weighted by molar-refractivity contribution is 5.56. The Morgan fingerprint density at radius 1 is 1.47 bits per heavy atom. The normalized spacial score (nSPS) is 20.6. The SMILES string of the molecule is Cn1cc(-c2cnc(C3COCCN3)[nH]2)cn1. The van der Waals surface area contributed by atoms with Gasteiger partial charge in [0, 0.05) is 25.4 Å². The highest BCUT2D eigenvalue weighted by Crippen LogP contribution is 2.19. The van der Waals surface area contributed by atoms with Crippen LogP contribution in [0.4, 0.5) is 0 Å². The Morgan fingerprint density at radius 3 is 3.12 bits per heavy atom. The zero-order valence-electron chi connectivity index (χ0n) is 9.68. The van der Waals surface area contributed by atoms with Gasteiger partial charge in [-0.05, 0) is 0 Å². The quantitative estimate of drug-likeness (QED) is 0.791. The maximum Gasteiger partial charge on any atom is 0.126 e. The Labute approximate surface area is 99.0 Å². The summed E-state index contributed by atoms with van der Waals surface area (Å²) in [6.45, 7) is 2.31. The minimum atomic E-state index is 0.161. The summed E-state index contributed by atoms with van der Waals surface area (Å²) < 4.78 is 7.19. The molecule has 0 radical (unpaired) electrons. The Kier molecular flexibility index (Phi) is 2.66. The molecule has 1 atom stereocenters.